The van der Waals surface area contributed by atoms with Gasteiger partial charge >= 0.3 is 0 Å². The van der Waals surface area contributed by atoms with Crippen LogP contribution in [0.5, 0.6) is 0 Å². The molecule has 1 amide bonds. The molecule has 34 heavy (non-hydrogen) atoms. The average Bonchev–Trinajstić information content (AvgIpc) is 3.26. The molecule has 0 aliphatic rings. The van der Waals surface area contributed by atoms with Gasteiger partial charge in [0.1, 0.15) is 0 Å². The van der Waals surface area contributed by atoms with E-state index < -0.39 is 9.84 Å². The lowest BCUT2D eigenvalue weighted by atomic mass is 10.1. The second-order valence-electron chi connectivity index (χ2n) is 8.06. The van der Waals surface area contributed by atoms with Gasteiger partial charge in [-0.2, -0.15) is 0 Å². The maximum absolute atomic E-state index is 13.3. The van der Waals surface area contributed by atoms with Gasteiger partial charge in [-0.3, -0.25) is 9.69 Å². The van der Waals surface area contributed by atoms with E-state index in [0.29, 0.717) is 16.7 Å². The number of amides is 1. The van der Waals surface area contributed by atoms with Gasteiger partial charge in [-0.05, 0) is 61.8 Å². The Labute approximate surface area is 211 Å². The van der Waals surface area contributed by atoms with Crippen LogP contribution in [0.4, 0.5) is 5.13 Å². The van der Waals surface area contributed by atoms with Crippen molar-refractivity contribution in [3.63, 3.8) is 0 Å². The quantitative estimate of drug-likeness (QED) is 0.317. The average molecular weight is 522 g/mol. The summed E-state index contributed by atoms with van der Waals surface area (Å²) < 4.78 is 26.4. The summed E-state index contributed by atoms with van der Waals surface area (Å²) in [6.07, 6.45) is 1.26. The number of rotatable bonds is 12. The highest BCUT2D eigenvalue weighted by Crippen LogP contribution is 2.31. The van der Waals surface area contributed by atoms with Crippen LogP contribution in [-0.2, 0) is 21.1 Å². The molecule has 6 nitrogen and oxygen atoms in total. The molecule has 1 aromatic heterocycles. The summed E-state index contributed by atoms with van der Waals surface area (Å²) in [5.41, 5.74) is 2.10. The molecule has 0 unspecified atom stereocenters. The fourth-order valence-electron chi connectivity index (χ4n) is 3.81. The van der Waals surface area contributed by atoms with Crippen molar-refractivity contribution >= 4 is 54.0 Å². The molecule has 0 saturated heterocycles. The van der Waals surface area contributed by atoms with E-state index in [-0.39, 0.29) is 29.4 Å². The predicted molar refractivity (Wildman–Crippen MR) is 142 cm³/mol. The highest BCUT2D eigenvalue weighted by molar-refractivity contribution is 7.91. The first-order valence-electron chi connectivity index (χ1n) is 11.7. The lowest BCUT2D eigenvalue weighted by Crippen LogP contribution is -2.38. The molecule has 1 heterocycles. The fourth-order valence-corrected chi connectivity index (χ4v) is 6.30. The number of nitrogens with zero attached hydrogens (tertiary/aromatic N) is 3. The molecular weight excluding hydrogens is 490 g/mol. The Balaban J connectivity index is 1.76. The zero-order valence-corrected chi connectivity index (χ0v) is 22.3. The summed E-state index contributed by atoms with van der Waals surface area (Å²) in [5.74, 6) is -0.194. The molecule has 3 aromatic rings. The number of aromatic nitrogens is 1. The normalized spacial score (nSPS) is 11.9. The Bertz CT molecular complexity index is 1210. The lowest BCUT2D eigenvalue weighted by Gasteiger charge is -2.24. The maximum Gasteiger partial charge on any atom is 0.228 e. The number of sulfone groups is 1. The minimum atomic E-state index is -3.48. The molecule has 0 bridgehead atoms. The largest absolute Gasteiger partial charge is 0.302 e. The number of aryl methyl sites for hydroxylation is 1. The van der Waals surface area contributed by atoms with Crippen molar-refractivity contribution < 1.29 is 13.2 Å². The predicted octanol–water partition coefficient (Wildman–Crippen LogP) is 5.44. The number of likely N-dealkylation sites (N-methyl/N-ethyl adjacent to an activating group) is 1. The molecule has 0 atom stereocenters. The van der Waals surface area contributed by atoms with Gasteiger partial charge in [-0.15, -0.1) is 0 Å². The van der Waals surface area contributed by atoms with Crippen LogP contribution in [0.3, 0.4) is 0 Å². The van der Waals surface area contributed by atoms with E-state index >= 15 is 0 Å². The van der Waals surface area contributed by atoms with Gasteiger partial charge in [0.05, 0.1) is 20.9 Å². The standard InChI is InChI=1S/C25H32ClN3O3S2/c1-4-19-9-7-10-22-24(19)27-25(33-22)29(17-16-28(5-2)6-3)23(30)11-8-18-34(31,32)21-14-12-20(26)13-15-21/h7,9-10,12-15H,4-6,8,11,16-18H2,1-3H3. The molecule has 0 spiro atoms. The van der Waals surface area contributed by atoms with Gasteiger partial charge in [0.15, 0.2) is 15.0 Å². The van der Waals surface area contributed by atoms with Gasteiger partial charge in [0, 0.05) is 24.5 Å². The van der Waals surface area contributed by atoms with E-state index in [9.17, 15) is 13.2 Å². The molecule has 3 rings (SSSR count). The summed E-state index contributed by atoms with van der Waals surface area (Å²) in [6, 6.07) is 12.2. The molecule has 0 radical (unpaired) electrons. The number of anilines is 1. The van der Waals surface area contributed by atoms with Crippen molar-refractivity contribution in [3.05, 3.63) is 53.1 Å². The van der Waals surface area contributed by atoms with Gasteiger partial charge in [-0.1, -0.05) is 55.8 Å². The van der Waals surface area contributed by atoms with E-state index in [2.05, 4.69) is 31.7 Å². The minimum Gasteiger partial charge on any atom is -0.302 e. The minimum absolute atomic E-state index is 0.0932. The lowest BCUT2D eigenvalue weighted by molar-refractivity contribution is -0.118. The van der Waals surface area contributed by atoms with E-state index in [1.54, 1.807) is 17.0 Å². The number of hydrogen-bond acceptors (Lipinski definition) is 6. The number of thiazole rings is 1. The topological polar surface area (TPSA) is 70.6 Å². The second kappa shape index (κ2) is 12.1. The molecule has 0 aliphatic carbocycles. The van der Waals surface area contributed by atoms with Gasteiger partial charge < -0.3 is 4.90 Å². The third kappa shape index (κ3) is 6.56. The van der Waals surface area contributed by atoms with E-state index in [4.69, 9.17) is 16.6 Å². The van der Waals surface area contributed by atoms with Crippen molar-refractivity contribution in [2.45, 2.75) is 44.9 Å². The number of benzene rings is 2. The first-order valence-corrected chi connectivity index (χ1v) is 14.5. The number of hydrogen-bond donors (Lipinski definition) is 0. The van der Waals surface area contributed by atoms with Crippen molar-refractivity contribution in [2.24, 2.45) is 0 Å². The van der Waals surface area contributed by atoms with E-state index in [1.807, 2.05) is 12.1 Å². The van der Waals surface area contributed by atoms with Crippen molar-refractivity contribution in [3.8, 4) is 0 Å². The zero-order valence-electron chi connectivity index (χ0n) is 20.0. The molecule has 0 saturated carbocycles. The number of para-hydroxylation sites is 1. The van der Waals surface area contributed by atoms with Gasteiger partial charge in [0.25, 0.3) is 0 Å². The van der Waals surface area contributed by atoms with Gasteiger partial charge in [-0.25, -0.2) is 13.4 Å². The maximum atomic E-state index is 13.3. The van der Waals surface area contributed by atoms with Crippen molar-refractivity contribution in [1.82, 2.24) is 9.88 Å². The Morgan fingerprint density at radius 2 is 1.74 bits per heavy atom. The third-order valence-corrected chi connectivity index (χ3v) is 9.03. The Kier molecular flexibility index (Phi) is 9.47. The SMILES string of the molecule is CCc1cccc2sc(N(CCN(CC)CC)C(=O)CCCS(=O)(=O)c3ccc(Cl)cc3)nc12. The number of halogens is 1. The van der Waals surface area contributed by atoms with Crippen LogP contribution >= 0.6 is 22.9 Å². The summed E-state index contributed by atoms with van der Waals surface area (Å²) in [6.45, 7) is 9.35. The molecule has 0 fully saturated rings. The third-order valence-electron chi connectivity index (χ3n) is 5.91. The summed E-state index contributed by atoms with van der Waals surface area (Å²) in [7, 11) is -3.48. The number of carbonyl (C=O) groups excluding carboxylic acids is 1. The van der Waals surface area contributed by atoms with Crippen molar-refractivity contribution in [1.29, 1.82) is 0 Å². The van der Waals surface area contributed by atoms with Crippen molar-refractivity contribution in [2.75, 3.05) is 36.8 Å². The molecule has 184 valence electrons. The number of carbonyl (C=O) groups is 1. The van der Waals surface area contributed by atoms with E-state index in [1.165, 1.54) is 23.5 Å². The summed E-state index contributed by atoms with van der Waals surface area (Å²) >= 11 is 7.38. The second-order valence-corrected chi connectivity index (χ2v) is 11.6. The Morgan fingerprint density at radius 3 is 2.38 bits per heavy atom. The van der Waals surface area contributed by atoms with Crippen LogP contribution in [0, 0.1) is 0 Å². The monoisotopic (exact) mass is 521 g/mol. The Hall–Kier alpha value is -2.00. The smallest absolute Gasteiger partial charge is 0.228 e. The van der Waals surface area contributed by atoms with Crippen LogP contribution < -0.4 is 4.90 Å². The molecule has 2 aromatic carbocycles. The number of fused-ring (bicyclic) bond motifs is 1. The van der Waals surface area contributed by atoms with Crippen LogP contribution in [0.25, 0.3) is 10.2 Å². The first kappa shape index (κ1) is 26.6. The highest BCUT2D eigenvalue weighted by atomic mass is 35.5. The molecule has 9 heteroatoms. The van der Waals surface area contributed by atoms with Crippen LogP contribution in [0.1, 0.15) is 39.2 Å². The first-order chi connectivity index (χ1) is 16.3. The summed E-state index contributed by atoms with van der Waals surface area (Å²) in [5, 5.41) is 1.16. The van der Waals surface area contributed by atoms with Crippen LogP contribution in [0.2, 0.25) is 5.02 Å². The Morgan fingerprint density at radius 1 is 1.03 bits per heavy atom. The molecule has 0 aliphatic heterocycles. The molecule has 0 N–H and O–H groups in total. The molecular formula is C25H32ClN3O3S2. The highest BCUT2D eigenvalue weighted by Gasteiger charge is 2.22. The van der Waals surface area contributed by atoms with Gasteiger partial charge in [0.2, 0.25) is 5.91 Å². The summed E-state index contributed by atoms with van der Waals surface area (Å²) in [4.78, 5) is 22.3. The van der Waals surface area contributed by atoms with E-state index in [0.717, 1.165) is 41.8 Å². The van der Waals surface area contributed by atoms with Crippen LogP contribution in [0.15, 0.2) is 47.4 Å². The zero-order chi connectivity index (χ0) is 24.7. The van der Waals surface area contributed by atoms with Crippen LogP contribution in [-0.4, -0.2) is 56.1 Å². The fraction of sp³-hybridized carbons (Fsp3) is 0.440.